The van der Waals surface area contributed by atoms with E-state index in [9.17, 15) is 9.59 Å². The number of hydrogen-bond donors (Lipinski definition) is 1. The standard InChI is InChI=1S/C20H33N7O2/c1-4-16(26-10-6-7-18(26)28)8-9-22-20(21-5-2)25-11-12-27(19(29)15-25)17-13-23-24(3)14-17/h13-14,16H,4-12,15H2,1-3H3,(H,21,22). The SMILES string of the molecule is CCNC(=NCCC(CC)N1CCCC1=O)N1CCN(c2cnn(C)c2)C(=O)C1. The predicted octanol–water partition coefficient (Wildman–Crippen LogP) is 0.825. The molecule has 1 N–H and O–H groups in total. The number of piperazine rings is 1. The fourth-order valence-electron chi connectivity index (χ4n) is 4.06. The summed E-state index contributed by atoms with van der Waals surface area (Å²) in [5, 5.41) is 7.47. The zero-order valence-electron chi connectivity index (χ0n) is 17.8. The zero-order chi connectivity index (χ0) is 20.8. The molecule has 160 valence electrons. The molecule has 1 atom stereocenters. The van der Waals surface area contributed by atoms with E-state index in [4.69, 9.17) is 4.99 Å². The van der Waals surface area contributed by atoms with E-state index in [1.165, 1.54) is 0 Å². The van der Waals surface area contributed by atoms with Crippen LogP contribution in [0.2, 0.25) is 0 Å². The van der Waals surface area contributed by atoms with Gasteiger partial charge in [-0.25, -0.2) is 0 Å². The Kier molecular flexibility index (Phi) is 7.11. The number of nitrogens with one attached hydrogen (secondary N) is 1. The summed E-state index contributed by atoms with van der Waals surface area (Å²) in [5.41, 5.74) is 0.833. The van der Waals surface area contributed by atoms with Crippen LogP contribution in [0.3, 0.4) is 0 Å². The van der Waals surface area contributed by atoms with Gasteiger partial charge in [0, 0.05) is 58.4 Å². The summed E-state index contributed by atoms with van der Waals surface area (Å²) in [6, 6.07) is 0.251. The Balaban J connectivity index is 1.59. The smallest absolute Gasteiger partial charge is 0.246 e. The molecule has 0 saturated carbocycles. The number of aliphatic imine (C=N–C) groups is 1. The van der Waals surface area contributed by atoms with Crippen LogP contribution >= 0.6 is 0 Å². The molecule has 2 fully saturated rings. The largest absolute Gasteiger partial charge is 0.357 e. The average Bonchev–Trinajstić information content (AvgIpc) is 3.32. The fraction of sp³-hybridized carbons (Fsp3) is 0.700. The van der Waals surface area contributed by atoms with Gasteiger partial charge in [-0.05, 0) is 26.2 Å². The summed E-state index contributed by atoms with van der Waals surface area (Å²) in [6.45, 7) is 8.03. The molecule has 0 aliphatic carbocycles. The molecule has 2 amide bonds. The van der Waals surface area contributed by atoms with Gasteiger partial charge in [0.15, 0.2) is 5.96 Å². The van der Waals surface area contributed by atoms with Gasteiger partial charge in [-0.2, -0.15) is 5.10 Å². The van der Waals surface area contributed by atoms with Crippen molar-refractivity contribution in [2.24, 2.45) is 12.0 Å². The van der Waals surface area contributed by atoms with Crippen molar-refractivity contribution in [1.82, 2.24) is 24.9 Å². The Bertz CT molecular complexity index is 745. The summed E-state index contributed by atoms with van der Waals surface area (Å²) < 4.78 is 1.70. The zero-order valence-corrected chi connectivity index (χ0v) is 17.8. The lowest BCUT2D eigenvalue weighted by atomic mass is 10.1. The van der Waals surface area contributed by atoms with Gasteiger partial charge in [0.05, 0.1) is 11.9 Å². The highest BCUT2D eigenvalue weighted by atomic mass is 16.2. The molecule has 0 spiro atoms. The molecule has 1 aromatic rings. The van der Waals surface area contributed by atoms with E-state index in [0.29, 0.717) is 32.6 Å². The molecule has 1 aromatic heterocycles. The first-order valence-electron chi connectivity index (χ1n) is 10.6. The van der Waals surface area contributed by atoms with Crippen LogP contribution in [0.1, 0.15) is 39.5 Å². The predicted molar refractivity (Wildman–Crippen MR) is 113 cm³/mol. The average molecular weight is 404 g/mol. The number of guanidine groups is 1. The molecule has 2 saturated heterocycles. The van der Waals surface area contributed by atoms with Crippen molar-refractivity contribution in [3.8, 4) is 0 Å². The molecule has 2 aliphatic heterocycles. The molecular formula is C20H33N7O2. The molecule has 1 unspecified atom stereocenters. The summed E-state index contributed by atoms with van der Waals surface area (Å²) >= 11 is 0. The van der Waals surface area contributed by atoms with E-state index in [-0.39, 0.29) is 17.9 Å². The first kappa shape index (κ1) is 21.1. The lowest BCUT2D eigenvalue weighted by Gasteiger charge is -2.35. The number of aryl methyl sites for hydroxylation is 1. The van der Waals surface area contributed by atoms with Gasteiger partial charge in [-0.3, -0.25) is 19.3 Å². The molecule has 29 heavy (non-hydrogen) atoms. The lowest BCUT2D eigenvalue weighted by Crippen LogP contribution is -2.55. The number of carbonyl (C=O) groups excluding carboxylic acids is 2. The van der Waals surface area contributed by atoms with Gasteiger partial charge in [-0.15, -0.1) is 0 Å². The highest BCUT2D eigenvalue weighted by Gasteiger charge is 2.28. The molecule has 0 bridgehead atoms. The van der Waals surface area contributed by atoms with E-state index < -0.39 is 0 Å². The maximum atomic E-state index is 12.7. The highest BCUT2D eigenvalue weighted by molar-refractivity contribution is 5.98. The Morgan fingerprint density at radius 3 is 2.66 bits per heavy atom. The van der Waals surface area contributed by atoms with E-state index in [0.717, 1.165) is 44.0 Å². The van der Waals surface area contributed by atoms with Crippen LogP contribution < -0.4 is 10.2 Å². The third kappa shape index (κ3) is 5.07. The number of likely N-dealkylation sites (tertiary alicyclic amines) is 1. The van der Waals surface area contributed by atoms with Crippen molar-refractivity contribution in [1.29, 1.82) is 0 Å². The summed E-state index contributed by atoms with van der Waals surface area (Å²) in [4.78, 5) is 35.3. The van der Waals surface area contributed by atoms with Crippen LogP contribution in [0.25, 0.3) is 0 Å². The summed E-state index contributed by atoms with van der Waals surface area (Å²) in [5.74, 6) is 1.09. The second-order valence-electron chi connectivity index (χ2n) is 7.62. The number of nitrogens with zero attached hydrogens (tertiary/aromatic N) is 6. The summed E-state index contributed by atoms with van der Waals surface area (Å²) in [6.07, 6.45) is 7.01. The number of hydrogen-bond acceptors (Lipinski definition) is 4. The van der Waals surface area contributed by atoms with Crippen molar-refractivity contribution in [3.05, 3.63) is 12.4 Å². The summed E-state index contributed by atoms with van der Waals surface area (Å²) in [7, 11) is 1.85. The van der Waals surface area contributed by atoms with Gasteiger partial charge >= 0.3 is 0 Å². The van der Waals surface area contributed by atoms with E-state index in [2.05, 4.69) is 17.3 Å². The van der Waals surface area contributed by atoms with Gasteiger partial charge in [-0.1, -0.05) is 6.92 Å². The molecule has 9 heteroatoms. The Morgan fingerprint density at radius 1 is 1.24 bits per heavy atom. The van der Waals surface area contributed by atoms with Gasteiger partial charge in [0.2, 0.25) is 11.8 Å². The van der Waals surface area contributed by atoms with Crippen LogP contribution in [-0.2, 0) is 16.6 Å². The third-order valence-corrected chi connectivity index (χ3v) is 5.60. The molecule has 0 aromatic carbocycles. The minimum Gasteiger partial charge on any atom is -0.357 e. The topological polar surface area (TPSA) is 86.1 Å². The van der Waals surface area contributed by atoms with Crippen LogP contribution in [0.5, 0.6) is 0 Å². The van der Waals surface area contributed by atoms with Crippen molar-refractivity contribution in [2.45, 2.75) is 45.6 Å². The lowest BCUT2D eigenvalue weighted by molar-refractivity contribution is -0.129. The van der Waals surface area contributed by atoms with Gasteiger partial charge in [0.25, 0.3) is 0 Å². The first-order valence-corrected chi connectivity index (χ1v) is 10.6. The maximum Gasteiger partial charge on any atom is 0.246 e. The number of amides is 2. The number of aromatic nitrogens is 2. The number of carbonyl (C=O) groups is 2. The van der Waals surface area contributed by atoms with Crippen molar-refractivity contribution >= 4 is 23.5 Å². The monoisotopic (exact) mass is 403 g/mol. The van der Waals surface area contributed by atoms with Crippen LogP contribution in [-0.4, -0.2) is 82.7 Å². The maximum absolute atomic E-state index is 12.7. The van der Waals surface area contributed by atoms with Crippen LogP contribution in [0, 0.1) is 0 Å². The minimum absolute atomic E-state index is 0.0453. The quantitative estimate of drug-likeness (QED) is 0.538. The van der Waals surface area contributed by atoms with Crippen molar-refractivity contribution < 1.29 is 9.59 Å². The second kappa shape index (κ2) is 9.76. The molecular weight excluding hydrogens is 370 g/mol. The van der Waals surface area contributed by atoms with Crippen molar-refractivity contribution in [2.75, 3.05) is 44.2 Å². The Morgan fingerprint density at radius 2 is 2.07 bits per heavy atom. The van der Waals surface area contributed by atoms with Crippen LogP contribution in [0.15, 0.2) is 17.4 Å². The third-order valence-electron chi connectivity index (χ3n) is 5.60. The van der Waals surface area contributed by atoms with E-state index >= 15 is 0 Å². The van der Waals surface area contributed by atoms with Gasteiger partial charge < -0.3 is 20.0 Å². The number of rotatable bonds is 7. The Hall–Kier alpha value is -2.58. The molecule has 2 aliphatic rings. The minimum atomic E-state index is 0.0453. The van der Waals surface area contributed by atoms with Crippen LogP contribution in [0.4, 0.5) is 5.69 Å². The van der Waals surface area contributed by atoms with Crippen molar-refractivity contribution in [3.63, 3.8) is 0 Å². The fourth-order valence-corrected chi connectivity index (χ4v) is 4.06. The molecule has 9 nitrogen and oxygen atoms in total. The molecule has 3 heterocycles. The molecule has 3 rings (SSSR count). The Labute approximate surface area is 172 Å². The second-order valence-corrected chi connectivity index (χ2v) is 7.62. The first-order chi connectivity index (χ1) is 14.0. The molecule has 0 radical (unpaired) electrons. The number of anilines is 1. The highest BCUT2D eigenvalue weighted by Crippen LogP contribution is 2.19. The van der Waals surface area contributed by atoms with Gasteiger partial charge in [0.1, 0.15) is 6.54 Å². The van der Waals surface area contributed by atoms with E-state index in [1.54, 1.807) is 15.8 Å². The van der Waals surface area contributed by atoms with E-state index in [1.807, 2.05) is 30.0 Å². The normalized spacial score (nSPS) is 19.3.